The van der Waals surface area contributed by atoms with Crippen LogP contribution in [0.2, 0.25) is 0 Å². The first-order chi connectivity index (χ1) is 14.4. The lowest BCUT2D eigenvalue weighted by Crippen LogP contribution is -2.40. The smallest absolute Gasteiger partial charge is 0.324 e. The van der Waals surface area contributed by atoms with Gasteiger partial charge in [-0.25, -0.2) is 9.78 Å². The van der Waals surface area contributed by atoms with Crippen molar-refractivity contribution in [2.24, 2.45) is 0 Å². The van der Waals surface area contributed by atoms with Crippen LogP contribution >= 0.6 is 0 Å². The number of hydrogen-bond donors (Lipinski definition) is 2. The monoisotopic (exact) mass is 405 g/mol. The van der Waals surface area contributed by atoms with E-state index in [-0.39, 0.29) is 24.8 Å². The fourth-order valence-corrected chi connectivity index (χ4v) is 3.55. The van der Waals surface area contributed by atoms with Crippen LogP contribution in [0.1, 0.15) is 26.7 Å². The molecule has 0 radical (unpaired) electrons. The minimum absolute atomic E-state index is 0.162. The molecule has 2 heterocycles. The Morgan fingerprint density at radius 1 is 1.07 bits per heavy atom. The van der Waals surface area contributed by atoms with Gasteiger partial charge in [-0.05, 0) is 44.5 Å². The second-order valence-corrected chi connectivity index (χ2v) is 7.76. The molecular weight excluding hydrogens is 382 g/mol. The number of aromatic nitrogens is 2. The standard InChI is InChI=1S/C22H23N5O3/c1-22(2)19(29)26(21(30)25-22)14-8-13-18(28)24-20-23-16-11-6-7-12-17(16)27(20)15-9-4-3-5-10-15/h3-7,9-12H,8,13-14H2,1-2H3,(H,25,30)(H,23,24,28). The highest BCUT2D eigenvalue weighted by Crippen LogP contribution is 2.25. The summed E-state index contributed by atoms with van der Waals surface area (Å²) in [5.74, 6) is -0.0731. The lowest BCUT2D eigenvalue weighted by molar-refractivity contribution is -0.130. The Morgan fingerprint density at radius 3 is 2.47 bits per heavy atom. The lowest BCUT2D eigenvalue weighted by atomic mass is 10.1. The lowest BCUT2D eigenvalue weighted by Gasteiger charge is -2.15. The van der Waals surface area contributed by atoms with E-state index in [1.807, 2.05) is 59.2 Å². The number of carbonyl (C=O) groups excluding carboxylic acids is 3. The average molecular weight is 405 g/mol. The molecule has 8 nitrogen and oxygen atoms in total. The van der Waals surface area contributed by atoms with Crippen LogP contribution in [-0.2, 0) is 9.59 Å². The Morgan fingerprint density at radius 2 is 1.77 bits per heavy atom. The number of nitrogens with zero attached hydrogens (tertiary/aromatic N) is 3. The maximum atomic E-state index is 12.6. The summed E-state index contributed by atoms with van der Waals surface area (Å²) < 4.78 is 1.90. The SMILES string of the molecule is CC1(C)NC(=O)N(CCCC(=O)Nc2nc3ccccc3n2-c2ccccc2)C1=O. The number of nitrogens with one attached hydrogen (secondary N) is 2. The second kappa shape index (κ2) is 7.62. The Hall–Kier alpha value is -3.68. The van der Waals surface area contributed by atoms with Crippen LogP contribution in [0, 0.1) is 0 Å². The molecule has 0 aliphatic carbocycles. The normalized spacial score (nSPS) is 15.5. The zero-order valence-corrected chi connectivity index (χ0v) is 16.9. The van der Waals surface area contributed by atoms with Crippen LogP contribution in [0.3, 0.4) is 0 Å². The number of fused-ring (bicyclic) bond motifs is 1. The van der Waals surface area contributed by atoms with Crippen molar-refractivity contribution in [3.05, 3.63) is 54.6 Å². The molecule has 30 heavy (non-hydrogen) atoms. The number of anilines is 1. The summed E-state index contributed by atoms with van der Waals surface area (Å²) >= 11 is 0. The van der Waals surface area contributed by atoms with Gasteiger partial charge in [0.05, 0.1) is 11.0 Å². The largest absolute Gasteiger partial charge is 0.325 e. The van der Waals surface area contributed by atoms with E-state index >= 15 is 0 Å². The van der Waals surface area contributed by atoms with Crippen LogP contribution in [0.4, 0.5) is 10.7 Å². The quantitative estimate of drug-likeness (QED) is 0.616. The molecule has 1 saturated heterocycles. The average Bonchev–Trinajstić information content (AvgIpc) is 3.17. The van der Waals surface area contributed by atoms with E-state index in [4.69, 9.17) is 0 Å². The molecule has 1 fully saturated rings. The van der Waals surface area contributed by atoms with Crippen molar-refractivity contribution in [3.63, 3.8) is 0 Å². The van der Waals surface area contributed by atoms with Gasteiger partial charge in [-0.1, -0.05) is 30.3 Å². The van der Waals surface area contributed by atoms with Crippen molar-refractivity contribution < 1.29 is 14.4 Å². The van der Waals surface area contributed by atoms with Crippen LogP contribution < -0.4 is 10.6 Å². The Kier molecular flexibility index (Phi) is 4.99. The molecule has 2 N–H and O–H groups in total. The number of para-hydroxylation sites is 3. The predicted octanol–water partition coefficient (Wildman–Crippen LogP) is 3.07. The molecule has 154 valence electrons. The number of hydrogen-bond acceptors (Lipinski definition) is 4. The molecule has 8 heteroatoms. The summed E-state index contributed by atoms with van der Waals surface area (Å²) in [6.07, 6.45) is 0.530. The first-order valence-electron chi connectivity index (χ1n) is 9.84. The van der Waals surface area contributed by atoms with Gasteiger partial charge in [0, 0.05) is 18.7 Å². The fourth-order valence-electron chi connectivity index (χ4n) is 3.55. The minimum Gasteiger partial charge on any atom is -0.324 e. The second-order valence-electron chi connectivity index (χ2n) is 7.76. The topological polar surface area (TPSA) is 96.3 Å². The van der Waals surface area contributed by atoms with E-state index < -0.39 is 11.6 Å². The third-order valence-corrected chi connectivity index (χ3v) is 5.06. The Labute approximate surface area is 173 Å². The third kappa shape index (κ3) is 3.63. The van der Waals surface area contributed by atoms with Crippen LogP contribution in [0.5, 0.6) is 0 Å². The molecule has 1 aliphatic heterocycles. The third-order valence-electron chi connectivity index (χ3n) is 5.06. The van der Waals surface area contributed by atoms with E-state index in [1.165, 1.54) is 0 Å². The fraction of sp³-hybridized carbons (Fsp3) is 0.273. The number of imidazole rings is 1. The number of imide groups is 1. The van der Waals surface area contributed by atoms with Crippen molar-refractivity contribution in [1.29, 1.82) is 0 Å². The number of carbonyl (C=O) groups is 3. The molecule has 3 aromatic rings. The van der Waals surface area contributed by atoms with Crippen LogP contribution in [0.25, 0.3) is 16.7 Å². The van der Waals surface area contributed by atoms with E-state index in [0.29, 0.717) is 12.4 Å². The maximum absolute atomic E-state index is 12.6. The molecular formula is C22H23N5O3. The molecule has 4 amide bonds. The highest BCUT2D eigenvalue weighted by Gasteiger charge is 2.43. The van der Waals surface area contributed by atoms with Crippen molar-refractivity contribution in [2.75, 3.05) is 11.9 Å². The van der Waals surface area contributed by atoms with Gasteiger partial charge in [-0.2, -0.15) is 0 Å². The molecule has 0 spiro atoms. The summed E-state index contributed by atoms with van der Waals surface area (Å²) in [4.78, 5) is 42.5. The molecule has 1 aliphatic rings. The van der Waals surface area contributed by atoms with E-state index in [2.05, 4.69) is 15.6 Å². The van der Waals surface area contributed by atoms with Gasteiger partial charge in [0.1, 0.15) is 5.54 Å². The summed E-state index contributed by atoms with van der Waals surface area (Å²) in [7, 11) is 0. The van der Waals surface area contributed by atoms with Crippen LogP contribution in [0.15, 0.2) is 54.6 Å². The van der Waals surface area contributed by atoms with Gasteiger partial charge >= 0.3 is 6.03 Å². The summed E-state index contributed by atoms with van der Waals surface area (Å²) in [6, 6.07) is 16.9. The maximum Gasteiger partial charge on any atom is 0.325 e. The Bertz CT molecular complexity index is 1120. The van der Waals surface area contributed by atoms with Crippen molar-refractivity contribution in [3.8, 4) is 5.69 Å². The molecule has 1 aromatic heterocycles. The zero-order chi connectivity index (χ0) is 21.3. The van der Waals surface area contributed by atoms with Gasteiger partial charge in [0.2, 0.25) is 11.9 Å². The Balaban J connectivity index is 1.46. The highest BCUT2D eigenvalue weighted by atomic mass is 16.2. The molecule has 0 atom stereocenters. The molecule has 0 bridgehead atoms. The number of amides is 4. The predicted molar refractivity (Wildman–Crippen MR) is 113 cm³/mol. The number of urea groups is 1. The van der Waals surface area contributed by atoms with Gasteiger partial charge < -0.3 is 5.32 Å². The van der Waals surface area contributed by atoms with Gasteiger partial charge in [-0.15, -0.1) is 0 Å². The van der Waals surface area contributed by atoms with E-state index in [0.717, 1.165) is 21.6 Å². The van der Waals surface area contributed by atoms with Crippen molar-refractivity contribution >= 4 is 34.8 Å². The van der Waals surface area contributed by atoms with Crippen LogP contribution in [-0.4, -0.2) is 44.4 Å². The van der Waals surface area contributed by atoms with E-state index in [9.17, 15) is 14.4 Å². The summed E-state index contributed by atoms with van der Waals surface area (Å²) in [5, 5.41) is 5.51. The highest BCUT2D eigenvalue weighted by molar-refractivity contribution is 6.06. The van der Waals surface area contributed by atoms with Crippen molar-refractivity contribution in [1.82, 2.24) is 19.8 Å². The molecule has 0 unspecified atom stereocenters. The zero-order valence-electron chi connectivity index (χ0n) is 16.9. The summed E-state index contributed by atoms with van der Waals surface area (Å²) in [5.41, 5.74) is 1.65. The minimum atomic E-state index is -0.903. The molecule has 4 rings (SSSR count). The number of rotatable bonds is 6. The van der Waals surface area contributed by atoms with Gasteiger partial charge in [-0.3, -0.25) is 24.4 Å². The van der Waals surface area contributed by atoms with Gasteiger partial charge in [0.15, 0.2) is 0 Å². The summed E-state index contributed by atoms with van der Waals surface area (Å²) in [6.45, 7) is 3.51. The number of benzene rings is 2. The van der Waals surface area contributed by atoms with E-state index in [1.54, 1.807) is 13.8 Å². The van der Waals surface area contributed by atoms with Crippen molar-refractivity contribution in [2.45, 2.75) is 32.2 Å². The molecule has 2 aromatic carbocycles. The van der Waals surface area contributed by atoms with Gasteiger partial charge in [0.25, 0.3) is 5.91 Å². The first-order valence-corrected chi connectivity index (χ1v) is 9.84. The molecule has 0 saturated carbocycles. The first kappa shape index (κ1) is 19.6.